The van der Waals surface area contributed by atoms with E-state index in [0.29, 0.717) is 15.1 Å². The van der Waals surface area contributed by atoms with E-state index in [4.69, 9.17) is 21.4 Å². The number of carbonyl (C=O) groups excluding carboxylic acids is 2. The van der Waals surface area contributed by atoms with Gasteiger partial charge in [0.1, 0.15) is 5.75 Å². The maximum absolute atomic E-state index is 12.7. The number of fused-ring (bicyclic) bond motifs is 5. The van der Waals surface area contributed by atoms with E-state index in [0.717, 1.165) is 11.4 Å². The van der Waals surface area contributed by atoms with Gasteiger partial charge in [0.05, 0.1) is 22.5 Å². The highest BCUT2D eigenvalue weighted by Gasteiger charge is 2.59. The lowest BCUT2D eigenvalue weighted by Crippen LogP contribution is -2.28. The molecule has 2 aliphatic carbocycles. The third kappa shape index (κ3) is 3.06. The van der Waals surface area contributed by atoms with Crippen molar-refractivity contribution in [1.82, 2.24) is 5.01 Å². The number of carboxylic acids is 1. The highest BCUT2D eigenvalue weighted by molar-refractivity contribution is 9.10. The number of carbonyl (C=O) groups is 3. The number of benzene rings is 1. The smallest absolute Gasteiger partial charge is 0.341 e. The van der Waals surface area contributed by atoms with Crippen LogP contribution in [0.1, 0.15) is 12.0 Å². The van der Waals surface area contributed by atoms with Gasteiger partial charge in [-0.2, -0.15) is 10.1 Å². The van der Waals surface area contributed by atoms with Crippen LogP contribution in [0.4, 0.5) is 0 Å². The SMILES string of the molecule is O=C(O)COc1c(Br)cc(Cl)cc1C=NN1C(=O)C2C3C=CC(C3)C2C1=O. The lowest BCUT2D eigenvalue weighted by molar-refractivity contribution is -0.141. The minimum atomic E-state index is -1.14. The predicted octanol–water partition coefficient (Wildman–Crippen LogP) is 2.71. The first-order valence-electron chi connectivity index (χ1n) is 8.30. The normalized spacial score (nSPS) is 28.4. The Morgan fingerprint density at radius 2 is 1.93 bits per heavy atom. The maximum Gasteiger partial charge on any atom is 0.341 e. The van der Waals surface area contributed by atoms with Gasteiger partial charge in [-0.15, -0.1) is 0 Å². The second kappa shape index (κ2) is 6.76. The van der Waals surface area contributed by atoms with Gasteiger partial charge in [-0.1, -0.05) is 23.8 Å². The van der Waals surface area contributed by atoms with E-state index in [1.807, 2.05) is 12.2 Å². The molecule has 1 saturated heterocycles. The summed E-state index contributed by atoms with van der Waals surface area (Å²) in [4.78, 5) is 36.1. The van der Waals surface area contributed by atoms with Crippen LogP contribution >= 0.6 is 27.5 Å². The zero-order chi connectivity index (χ0) is 19.3. The molecule has 0 aromatic heterocycles. The number of carboxylic acid groups (broad SMARTS) is 1. The summed E-state index contributed by atoms with van der Waals surface area (Å²) < 4.78 is 5.72. The van der Waals surface area contributed by atoms with Crippen LogP contribution in [0.5, 0.6) is 5.75 Å². The number of ether oxygens (including phenoxy) is 1. The Morgan fingerprint density at radius 3 is 2.52 bits per heavy atom. The average Bonchev–Trinajstić information content (AvgIpc) is 3.27. The summed E-state index contributed by atoms with van der Waals surface area (Å²) in [5.41, 5.74) is 0.356. The fraction of sp³-hybridized carbons (Fsp3) is 0.333. The largest absolute Gasteiger partial charge is 0.480 e. The number of halogens is 2. The lowest BCUT2D eigenvalue weighted by Gasteiger charge is -2.13. The third-order valence-electron chi connectivity index (χ3n) is 5.14. The number of aliphatic carboxylic acids is 1. The number of hydrogen-bond donors (Lipinski definition) is 1. The quantitative estimate of drug-likeness (QED) is 0.420. The highest BCUT2D eigenvalue weighted by Crippen LogP contribution is 2.52. The summed E-state index contributed by atoms with van der Waals surface area (Å²) in [5.74, 6) is -1.98. The number of amides is 2. The molecule has 140 valence electrons. The molecular weight excluding hydrogens is 440 g/mol. The Balaban J connectivity index is 1.61. The minimum absolute atomic E-state index is 0.103. The first-order valence-corrected chi connectivity index (χ1v) is 9.47. The molecule has 2 amide bonds. The van der Waals surface area contributed by atoms with Crippen molar-refractivity contribution in [2.24, 2.45) is 28.8 Å². The average molecular weight is 454 g/mol. The molecule has 4 unspecified atom stereocenters. The van der Waals surface area contributed by atoms with Crippen molar-refractivity contribution in [2.45, 2.75) is 6.42 Å². The standard InChI is InChI=1S/C18H14BrClN2O5/c19-12-5-11(20)4-10(16(12)27-7-13(23)24)6-21-22-17(25)14-8-1-2-9(3-8)15(14)18(22)26/h1-2,4-6,8-9,14-15H,3,7H2,(H,23,24). The van der Waals surface area contributed by atoms with E-state index in [1.165, 1.54) is 12.3 Å². The van der Waals surface area contributed by atoms with Gasteiger partial charge in [-0.25, -0.2) is 4.79 Å². The molecule has 4 rings (SSSR count). The molecule has 7 nitrogen and oxygen atoms in total. The third-order valence-corrected chi connectivity index (χ3v) is 5.94. The van der Waals surface area contributed by atoms with Crippen LogP contribution in [0.3, 0.4) is 0 Å². The number of rotatable bonds is 5. The summed E-state index contributed by atoms with van der Waals surface area (Å²) in [6, 6.07) is 3.07. The summed E-state index contributed by atoms with van der Waals surface area (Å²) in [5, 5.41) is 14.2. The highest BCUT2D eigenvalue weighted by atomic mass is 79.9. The lowest BCUT2D eigenvalue weighted by atomic mass is 9.85. The minimum Gasteiger partial charge on any atom is -0.480 e. The Kier molecular flexibility index (Phi) is 4.55. The molecule has 4 atom stereocenters. The zero-order valence-corrected chi connectivity index (χ0v) is 16.2. The fourth-order valence-electron chi connectivity index (χ4n) is 4.08. The van der Waals surface area contributed by atoms with E-state index >= 15 is 0 Å². The van der Waals surface area contributed by atoms with Crippen molar-refractivity contribution in [2.75, 3.05) is 6.61 Å². The Morgan fingerprint density at radius 1 is 1.30 bits per heavy atom. The molecule has 2 bridgehead atoms. The molecule has 1 saturated carbocycles. The van der Waals surface area contributed by atoms with E-state index in [1.54, 1.807) is 6.07 Å². The van der Waals surface area contributed by atoms with Crippen LogP contribution in [0, 0.1) is 23.7 Å². The summed E-state index contributed by atoms with van der Waals surface area (Å²) in [6.45, 7) is -0.554. The van der Waals surface area contributed by atoms with Crippen molar-refractivity contribution in [3.05, 3.63) is 39.3 Å². The Labute approximate surface area is 167 Å². The Hall–Kier alpha value is -2.19. The van der Waals surface area contributed by atoms with Crippen molar-refractivity contribution in [3.63, 3.8) is 0 Å². The van der Waals surface area contributed by atoms with Gasteiger partial charge >= 0.3 is 5.97 Å². The molecule has 1 aromatic rings. The number of allylic oxidation sites excluding steroid dienone is 2. The van der Waals surface area contributed by atoms with Crippen LogP contribution in [0.15, 0.2) is 33.9 Å². The molecule has 3 aliphatic rings. The fourth-order valence-corrected chi connectivity index (χ4v) is 5.03. The maximum atomic E-state index is 12.7. The summed E-state index contributed by atoms with van der Waals surface area (Å²) >= 11 is 9.31. The van der Waals surface area contributed by atoms with E-state index in [2.05, 4.69) is 21.0 Å². The molecule has 1 aromatic carbocycles. The molecule has 27 heavy (non-hydrogen) atoms. The summed E-state index contributed by atoms with van der Waals surface area (Å²) in [6.07, 6.45) is 6.16. The van der Waals surface area contributed by atoms with Crippen LogP contribution < -0.4 is 4.74 Å². The predicted molar refractivity (Wildman–Crippen MR) is 99.4 cm³/mol. The van der Waals surface area contributed by atoms with Crippen LogP contribution in [0.2, 0.25) is 5.02 Å². The van der Waals surface area contributed by atoms with Crippen molar-refractivity contribution in [1.29, 1.82) is 0 Å². The molecular formula is C18H14BrClN2O5. The molecule has 2 fully saturated rings. The zero-order valence-electron chi connectivity index (χ0n) is 13.8. The monoisotopic (exact) mass is 452 g/mol. The molecule has 0 radical (unpaired) electrons. The second-order valence-corrected chi connectivity index (χ2v) is 8.01. The van der Waals surface area contributed by atoms with Gasteiger partial charge in [0.15, 0.2) is 6.61 Å². The van der Waals surface area contributed by atoms with E-state index < -0.39 is 12.6 Å². The molecule has 1 aliphatic heterocycles. The molecule has 1 N–H and O–H groups in total. The molecule has 0 spiro atoms. The van der Waals surface area contributed by atoms with Gasteiger partial charge in [0, 0.05) is 10.6 Å². The van der Waals surface area contributed by atoms with Gasteiger partial charge < -0.3 is 9.84 Å². The van der Waals surface area contributed by atoms with Gasteiger partial charge in [0.25, 0.3) is 11.8 Å². The van der Waals surface area contributed by atoms with Crippen molar-refractivity contribution < 1.29 is 24.2 Å². The first-order chi connectivity index (χ1) is 12.9. The van der Waals surface area contributed by atoms with Gasteiger partial charge in [-0.05, 0) is 46.3 Å². The first kappa shape index (κ1) is 18.2. The summed E-state index contributed by atoms with van der Waals surface area (Å²) in [7, 11) is 0. The van der Waals surface area contributed by atoms with Crippen LogP contribution in [0.25, 0.3) is 0 Å². The topological polar surface area (TPSA) is 96.3 Å². The van der Waals surface area contributed by atoms with Crippen molar-refractivity contribution >= 4 is 51.5 Å². The number of imide groups is 1. The Bertz CT molecular complexity index is 885. The number of nitrogens with zero attached hydrogens (tertiary/aromatic N) is 2. The number of hydrogen-bond acceptors (Lipinski definition) is 5. The van der Waals surface area contributed by atoms with E-state index in [-0.39, 0.29) is 41.2 Å². The second-order valence-electron chi connectivity index (χ2n) is 6.72. The molecule has 1 heterocycles. The van der Waals surface area contributed by atoms with Crippen molar-refractivity contribution in [3.8, 4) is 5.75 Å². The number of hydrazone groups is 1. The van der Waals surface area contributed by atoms with Gasteiger partial charge in [-0.3, -0.25) is 9.59 Å². The van der Waals surface area contributed by atoms with Crippen LogP contribution in [-0.4, -0.2) is 40.7 Å². The molecule has 9 heteroatoms. The van der Waals surface area contributed by atoms with Crippen LogP contribution in [-0.2, 0) is 14.4 Å². The van der Waals surface area contributed by atoms with E-state index in [9.17, 15) is 14.4 Å². The van der Waals surface area contributed by atoms with Gasteiger partial charge in [0.2, 0.25) is 0 Å².